The number of nitrogens with zero attached hydrogens (tertiary/aromatic N) is 1. The Labute approximate surface area is 98.8 Å². The summed E-state index contributed by atoms with van der Waals surface area (Å²) < 4.78 is 0. The predicted molar refractivity (Wildman–Crippen MR) is 60.1 cm³/mol. The fraction of sp³-hybridized carbons (Fsp3) is 0.500. The lowest BCUT2D eigenvalue weighted by Crippen LogP contribution is -2.57. The van der Waals surface area contributed by atoms with E-state index in [0.717, 1.165) is 25.1 Å². The minimum Gasteiger partial charge on any atom is -0.480 e. The number of rotatable bonds is 1. The molecule has 0 unspecified atom stereocenters. The molecule has 17 heavy (non-hydrogen) atoms. The van der Waals surface area contributed by atoms with Crippen LogP contribution in [0.3, 0.4) is 0 Å². The Morgan fingerprint density at radius 1 is 1.59 bits per heavy atom. The summed E-state index contributed by atoms with van der Waals surface area (Å²) in [4.78, 5) is 25.0. The first-order valence-electron chi connectivity index (χ1n) is 5.85. The molecule has 3 rings (SSSR count). The number of carbonyl (C=O) groups is 2. The lowest BCUT2D eigenvalue weighted by Gasteiger charge is -2.36. The molecule has 0 aliphatic carbocycles. The zero-order valence-corrected chi connectivity index (χ0v) is 9.35. The van der Waals surface area contributed by atoms with Crippen molar-refractivity contribution in [2.24, 2.45) is 0 Å². The number of aliphatic carboxylic acids is 1. The average Bonchev–Trinajstić information content (AvgIpc) is 2.92. The van der Waals surface area contributed by atoms with Crippen LogP contribution in [0.2, 0.25) is 0 Å². The molecule has 5 nitrogen and oxygen atoms in total. The third-order valence-corrected chi connectivity index (χ3v) is 3.75. The van der Waals surface area contributed by atoms with Crippen LogP contribution >= 0.6 is 0 Å². The third kappa shape index (κ3) is 1.35. The van der Waals surface area contributed by atoms with Crippen molar-refractivity contribution >= 4 is 11.9 Å². The fourth-order valence-electron chi connectivity index (χ4n) is 2.84. The summed E-state index contributed by atoms with van der Waals surface area (Å²) in [6.07, 6.45) is 7.66. The van der Waals surface area contributed by atoms with E-state index >= 15 is 0 Å². The van der Waals surface area contributed by atoms with Gasteiger partial charge in [-0.2, -0.15) is 0 Å². The smallest absolute Gasteiger partial charge is 0.327 e. The first kappa shape index (κ1) is 10.5. The number of amides is 1. The van der Waals surface area contributed by atoms with Crippen LogP contribution < -0.4 is 5.32 Å². The Balaban J connectivity index is 1.98. The highest BCUT2D eigenvalue weighted by atomic mass is 16.4. The molecule has 1 spiro atoms. The van der Waals surface area contributed by atoms with E-state index in [9.17, 15) is 9.59 Å². The summed E-state index contributed by atoms with van der Waals surface area (Å²) >= 11 is 0. The molecule has 90 valence electrons. The number of hydrogen-bond donors (Lipinski definition) is 2. The van der Waals surface area contributed by atoms with Gasteiger partial charge in [0.1, 0.15) is 11.6 Å². The standard InChI is InChI=1S/C12H14N2O3/c15-10(16)9-3-2-8-4-6-12(5-1-7-13-12)11(17)14(8)9/h2,4,6,9,13H,1,3,5,7H2,(H,15,16)/t9-,12-/m0/s1. The maximum Gasteiger partial charge on any atom is 0.327 e. The minimum atomic E-state index is -0.937. The van der Waals surface area contributed by atoms with Crippen LogP contribution in [0.25, 0.3) is 0 Å². The number of carboxylic acids is 1. The lowest BCUT2D eigenvalue weighted by molar-refractivity contribution is -0.149. The van der Waals surface area contributed by atoms with E-state index < -0.39 is 17.6 Å². The molecule has 2 atom stereocenters. The van der Waals surface area contributed by atoms with Gasteiger partial charge < -0.3 is 10.4 Å². The highest BCUT2D eigenvalue weighted by Gasteiger charge is 2.49. The van der Waals surface area contributed by atoms with Gasteiger partial charge in [0.05, 0.1) is 0 Å². The Bertz CT molecular complexity index is 447. The molecule has 3 aliphatic heterocycles. The topological polar surface area (TPSA) is 69.6 Å². The van der Waals surface area contributed by atoms with Gasteiger partial charge in [-0.25, -0.2) is 4.79 Å². The number of carbonyl (C=O) groups excluding carboxylic acids is 1. The minimum absolute atomic E-state index is 0.117. The zero-order valence-electron chi connectivity index (χ0n) is 9.35. The van der Waals surface area contributed by atoms with Gasteiger partial charge in [0.15, 0.2) is 0 Å². The lowest BCUT2D eigenvalue weighted by atomic mass is 9.91. The van der Waals surface area contributed by atoms with E-state index in [2.05, 4.69) is 5.32 Å². The Hall–Kier alpha value is -1.62. The summed E-state index contributed by atoms with van der Waals surface area (Å²) in [5, 5.41) is 12.3. The van der Waals surface area contributed by atoms with Crippen molar-refractivity contribution in [2.45, 2.75) is 30.8 Å². The van der Waals surface area contributed by atoms with Gasteiger partial charge in [-0.15, -0.1) is 0 Å². The second kappa shape index (κ2) is 3.43. The second-order valence-corrected chi connectivity index (χ2v) is 4.73. The van der Waals surface area contributed by atoms with Crippen LogP contribution in [0, 0.1) is 0 Å². The van der Waals surface area contributed by atoms with Gasteiger partial charge in [0.2, 0.25) is 0 Å². The average molecular weight is 234 g/mol. The van der Waals surface area contributed by atoms with Crippen molar-refractivity contribution in [2.75, 3.05) is 6.54 Å². The zero-order chi connectivity index (χ0) is 12.0. The number of allylic oxidation sites excluding steroid dienone is 1. The SMILES string of the molecule is O=C(O)[C@@H]1CC=C2C=C[C@@]3(CCCN3)C(=O)N21. The second-order valence-electron chi connectivity index (χ2n) is 4.73. The van der Waals surface area contributed by atoms with Crippen molar-refractivity contribution in [3.8, 4) is 0 Å². The first-order valence-corrected chi connectivity index (χ1v) is 5.85. The number of fused-ring (bicyclic) bond motifs is 1. The van der Waals surface area contributed by atoms with Gasteiger partial charge >= 0.3 is 5.97 Å². The molecule has 0 aromatic carbocycles. The van der Waals surface area contributed by atoms with Crippen LogP contribution in [0.4, 0.5) is 0 Å². The molecule has 5 heteroatoms. The van der Waals surface area contributed by atoms with Crippen LogP contribution in [-0.4, -0.2) is 40.0 Å². The first-order chi connectivity index (χ1) is 8.14. The summed E-state index contributed by atoms with van der Waals surface area (Å²) in [6.45, 7) is 0.806. The van der Waals surface area contributed by atoms with Crippen molar-refractivity contribution < 1.29 is 14.7 Å². The molecule has 0 radical (unpaired) electrons. The molecule has 1 fully saturated rings. The molecular formula is C12H14N2O3. The number of nitrogens with one attached hydrogen (secondary N) is 1. The Morgan fingerprint density at radius 2 is 2.41 bits per heavy atom. The van der Waals surface area contributed by atoms with Crippen LogP contribution in [-0.2, 0) is 9.59 Å². The molecule has 1 amide bonds. The quantitative estimate of drug-likeness (QED) is 0.682. The predicted octanol–water partition coefficient (Wildman–Crippen LogP) is 0.248. The van der Waals surface area contributed by atoms with E-state index in [0.29, 0.717) is 6.42 Å². The Kier molecular flexibility index (Phi) is 2.13. The molecule has 0 bridgehead atoms. The highest BCUT2D eigenvalue weighted by Crippen LogP contribution is 2.35. The maximum absolute atomic E-state index is 12.5. The summed E-state index contributed by atoms with van der Waals surface area (Å²) in [6, 6.07) is -0.735. The van der Waals surface area contributed by atoms with Crippen LogP contribution in [0.5, 0.6) is 0 Å². The highest BCUT2D eigenvalue weighted by molar-refractivity contribution is 5.96. The third-order valence-electron chi connectivity index (χ3n) is 3.75. The maximum atomic E-state index is 12.5. The molecule has 0 aromatic heterocycles. The molecule has 3 heterocycles. The fourth-order valence-corrected chi connectivity index (χ4v) is 2.84. The van der Waals surface area contributed by atoms with Gasteiger partial charge in [-0.1, -0.05) is 12.2 Å². The van der Waals surface area contributed by atoms with Crippen molar-refractivity contribution in [1.29, 1.82) is 0 Å². The van der Waals surface area contributed by atoms with E-state index in [1.807, 2.05) is 18.2 Å². The van der Waals surface area contributed by atoms with Gasteiger partial charge in [0.25, 0.3) is 5.91 Å². The van der Waals surface area contributed by atoms with Crippen LogP contribution in [0.1, 0.15) is 19.3 Å². The monoisotopic (exact) mass is 234 g/mol. The summed E-state index contributed by atoms with van der Waals surface area (Å²) in [5.74, 6) is -1.05. The molecule has 1 saturated heterocycles. The van der Waals surface area contributed by atoms with E-state index in [1.165, 1.54) is 4.90 Å². The number of hydrogen-bond acceptors (Lipinski definition) is 3. The van der Waals surface area contributed by atoms with Crippen molar-refractivity contribution in [1.82, 2.24) is 10.2 Å². The molecular weight excluding hydrogens is 220 g/mol. The normalized spacial score (nSPS) is 35.3. The molecule has 3 aliphatic rings. The van der Waals surface area contributed by atoms with Crippen molar-refractivity contribution in [3.05, 3.63) is 23.9 Å². The van der Waals surface area contributed by atoms with Gasteiger partial charge in [-0.05, 0) is 31.9 Å². The molecule has 2 N–H and O–H groups in total. The number of carboxylic acid groups (broad SMARTS) is 1. The van der Waals surface area contributed by atoms with Gasteiger partial charge in [-0.3, -0.25) is 9.69 Å². The van der Waals surface area contributed by atoms with Crippen molar-refractivity contribution in [3.63, 3.8) is 0 Å². The van der Waals surface area contributed by atoms with E-state index in [4.69, 9.17) is 5.11 Å². The molecule has 0 aromatic rings. The van der Waals surface area contributed by atoms with E-state index in [-0.39, 0.29) is 5.91 Å². The van der Waals surface area contributed by atoms with Crippen LogP contribution in [0.15, 0.2) is 23.9 Å². The van der Waals surface area contributed by atoms with E-state index in [1.54, 1.807) is 0 Å². The summed E-state index contributed by atoms with van der Waals surface area (Å²) in [5.41, 5.74) is 0.0665. The molecule has 0 saturated carbocycles. The summed E-state index contributed by atoms with van der Waals surface area (Å²) in [7, 11) is 0. The van der Waals surface area contributed by atoms with Gasteiger partial charge in [0, 0.05) is 5.70 Å². The largest absolute Gasteiger partial charge is 0.480 e. The Morgan fingerprint density at radius 3 is 3.06 bits per heavy atom.